The Morgan fingerprint density at radius 3 is 2.50 bits per heavy atom. The predicted molar refractivity (Wildman–Crippen MR) is 94.3 cm³/mol. The molecule has 2 aromatic carbocycles. The molecule has 2 heterocycles. The summed E-state index contributed by atoms with van der Waals surface area (Å²) in [6.45, 7) is 5.55. The van der Waals surface area contributed by atoms with Crippen LogP contribution >= 0.6 is 0 Å². The largest absolute Gasteiger partial charge is 0.332 e. The van der Waals surface area contributed by atoms with E-state index >= 15 is 0 Å². The fourth-order valence-corrected chi connectivity index (χ4v) is 2.63. The Morgan fingerprint density at radius 1 is 1.00 bits per heavy atom. The molecule has 0 N–H and O–H groups in total. The third-order valence-electron chi connectivity index (χ3n) is 4.23. The summed E-state index contributed by atoms with van der Waals surface area (Å²) in [5.41, 5.74) is 4.33. The van der Waals surface area contributed by atoms with Gasteiger partial charge in [-0.15, -0.1) is 5.10 Å². The van der Waals surface area contributed by atoms with E-state index in [1.165, 1.54) is 6.07 Å². The van der Waals surface area contributed by atoms with Crippen LogP contribution in [0.1, 0.15) is 16.8 Å². The predicted octanol–water partition coefficient (Wildman–Crippen LogP) is 4.05. The number of benzene rings is 2. The van der Waals surface area contributed by atoms with Gasteiger partial charge in [-0.2, -0.15) is 4.98 Å². The Morgan fingerprint density at radius 2 is 1.77 bits per heavy atom. The molecule has 2 aromatic heterocycles. The van der Waals surface area contributed by atoms with Crippen LogP contribution in [0.2, 0.25) is 0 Å². The standard InChI is InChI=1S/C19H16FN5O/c1-11-4-7-14(8-5-11)18-21-19(26-23-18)17-13(3)25(24-22-17)15-9-6-12(2)16(20)10-15/h4-10H,1-3H3. The minimum absolute atomic E-state index is 0.275. The van der Waals surface area contributed by atoms with Crippen molar-refractivity contribution >= 4 is 0 Å². The Balaban J connectivity index is 1.70. The van der Waals surface area contributed by atoms with E-state index in [0.717, 1.165) is 11.1 Å². The second kappa shape index (κ2) is 6.18. The molecule has 7 heteroatoms. The van der Waals surface area contributed by atoms with Crippen LogP contribution in [0.3, 0.4) is 0 Å². The van der Waals surface area contributed by atoms with Crippen molar-refractivity contribution in [2.24, 2.45) is 0 Å². The van der Waals surface area contributed by atoms with Crippen LogP contribution in [-0.2, 0) is 0 Å². The molecular weight excluding hydrogens is 333 g/mol. The zero-order chi connectivity index (χ0) is 18.3. The van der Waals surface area contributed by atoms with Gasteiger partial charge in [0.2, 0.25) is 5.82 Å². The van der Waals surface area contributed by atoms with Crippen LogP contribution in [0.15, 0.2) is 47.0 Å². The van der Waals surface area contributed by atoms with Gasteiger partial charge in [0.05, 0.1) is 11.4 Å². The van der Waals surface area contributed by atoms with E-state index in [4.69, 9.17) is 4.52 Å². The number of hydrogen-bond donors (Lipinski definition) is 0. The summed E-state index contributed by atoms with van der Waals surface area (Å²) in [7, 11) is 0. The average molecular weight is 349 g/mol. The summed E-state index contributed by atoms with van der Waals surface area (Å²) in [4.78, 5) is 4.41. The summed E-state index contributed by atoms with van der Waals surface area (Å²) in [6.07, 6.45) is 0. The first-order valence-corrected chi connectivity index (χ1v) is 8.13. The first kappa shape index (κ1) is 16.1. The van der Waals surface area contributed by atoms with Gasteiger partial charge < -0.3 is 4.52 Å². The second-order valence-corrected chi connectivity index (χ2v) is 6.16. The first-order chi connectivity index (χ1) is 12.5. The van der Waals surface area contributed by atoms with E-state index < -0.39 is 0 Å². The minimum atomic E-state index is -0.293. The molecule has 0 bridgehead atoms. The maximum Gasteiger partial charge on any atom is 0.280 e. The summed E-state index contributed by atoms with van der Waals surface area (Å²) < 4.78 is 20.7. The van der Waals surface area contributed by atoms with Gasteiger partial charge in [-0.25, -0.2) is 9.07 Å². The Labute approximate surface area is 149 Å². The number of nitrogens with zero attached hydrogens (tertiary/aromatic N) is 5. The van der Waals surface area contributed by atoms with Gasteiger partial charge in [0.1, 0.15) is 5.82 Å². The number of rotatable bonds is 3. The normalized spacial score (nSPS) is 11.1. The van der Waals surface area contributed by atoms with Gasteiger partial charge in [0.25, 0.3) is 5.89 Å². The van der Waals surface area contributed by atoms with Gasteiger partial charge in [-0.1, -0.05) is 46.3 Å². The molecule has 26 heavy (non-hydrogen) atoms. The van der Waals surface area contributed by atoms with Gasteiger partial charge in [-0.05, 0) is 38.5 Å². The highest BCUT2D eigenvalue weighted by Gasteiger charge is 2.19. The van der Waals surface area contributed by atoms with Crippen LogP contribution in [-0.4, -0.2) is 25.1 Å². The van der Waals surface area contributed by atoms with E-state index in [-0.39, 0.29) is 11.7 Å². The van der Waals surface area contributed by atoms with Crippen molar-refractivity contribution in [1.82, 2.24) is 25.1 Å². The van der Waals surface area contributed by atoms with Crippen LogP contribution in [0.4, 0.5) is 4.39 Å². The highest BCUT2D eigenvalue weighted by molar-refractivity contribution is 5.59. The molecule has 0 saturated carbocycles. The molecule has 6 nitrogen and oxygen atoms in total. The maximum absolute atomic E-state index is 13.8. The smallest absolute Gasteiger partial charge is 0.280 e. The molecule has 4 aromatic rings. The Hall–Kier alpha value is -3.35. The van der Waals surface area contributed by atoms with E-state index in [9.17, 15) is 4.39 Å². The molecule has 130 valence electrons. The van der Waals surface area contributed by atoms with Gasteiger partial charge in [0.15, 0.2) is 5.69 Å². The highest BCUT2D eigenvalue weighted by atomic mass is 19.1. The fourth-order valence-electron chi connectivity index (χ4n) is 2.63. The van der Waals surface area contributed by atoms with Gasteiger partial charge in [-0.3, -0.25) is 0 Å². The molecule has 0 saturated heterocycles. The van der Waals surface area contributed by atoms with E-state index in [0.29, 0.717) is 28.5 Å². The number of aromatic nitrogens is 5. The van der Waals surface area contributed by atoms with Crippen LogP contribution < -0.4 is 0 Å². The van der Waals surface area contributed by atoms with Crippen molar-refractivity contribution in [2.45, 2.75) is 20.8 Å². The van der Waals surface area contributed by atoms with Crippen LogP contribution in [0, 0.1) is 26.6 Å². The fraction of sp³-hybridized carbons (Fsp3) is 0.158. The number of hydrogen-bond acceptors (Lipinski definition) is 5. The topological polar surface area (TPSA) is 69.6 Å². The van der Waals surface area contributed by atoms with Crippen molar-refractivity contribution in [2.75, 3.05) is 0 Å². The van der Waals surface area contributed by atoms with Crippen molar-refractivity contribution in [3.63, 3.8) is 0 Å². The second-order valence-electron chi connectivity index (χ2n) is 6.16. The molecule has 0 unspecified atom stereocenters. The molecule has 0 spiro atoms. The van der Waals surface area contributed by atoms with Crippen LogP contribution in [0.25, 0.3) is 28.7 Å². The zero-order valence-electron chi connectivity index (χ0n) is 14.6. The molecule has 0 atom stereocenters. The third-order valence-corrected chi connectivity index (χ3v) is 4.23. The Bertz CT molecular complexity index is 1080. The lowest BCUT2D eigenvalue weighted by Gasteiger charge is -2.04. The van der Waals surface area contributed by atoms with Crippen LogP contribution in [0.5, 0.6) is 0 Å². The lowest BCUT2D eigenvalue weighted by Crippen LogP contribution is -2.00. The highest BCUT2D eigenvalue weighted by Crippen LogP contribution is 2.25. The molecule has 0 aliphatic heterocycles. The maximum atomic E-state index is 13.8. The average Bonchev–Trinajstić information content (AvgIpc) is 3.25. The first-order valence-electron chi connectivity index (χ1n) is 8.13. The summed E-state index contributed by atoms with van der Waals surface area (Å²) >= 11 is 0. The summed E-state index contributed by atoms with van der Waals surface area (Å²) in [6, 6.07) is 12.7. The summed E-state index contributed by atoms with van der Waals surface area (Å²) in [5.74, 6) is 0.464. The van der Waals surface area contributed by atoms with Crippen molar-refractivity contribution in [3.05, 3.63) is 65.1 Å². The van der Waals surface area contributed by atoms with Crippen molar-refractivity contribution in [3.8, 4) is 28.7 Å². The molecular formula is C19H16FN5O. The molecule has 0 aliphatic carbocycles. The van der Waals surface area contributed by atoms with Crippen molar-refractivity contribution < 1.29 is 8.91 Å². The lowest BCUT2D eigenvalue weighted by molar-refractivity contribution is 0.430. The van der Waals surface area contributed by atoms with Crippen molar-refractivity contribution in [1.29, 1.82) is 0 Å². The molecule has 0 amide bonds. The molecule has 0 radical (unpaired) electrons. The quantitative estimate of drug-likeness (QED) is 0.558. The van der Waals surface area contributed by atoms with E-state index in [1.807, 2.05) is 38.1 Å². The third kappa shape index (κ3) is 2.77. The molecule has 0 fully saturated rings. The Kier molecular flexibility index (Phi) is 3.84. The lowest BCUT2D eigenvalue weighted by atomic mass is 10.1. The number of halogens is 1. The summed E-state index contributed by atoms with van der Waals surface area (Å²) in [5, 5.41) is 12.2. The molecule has 0 aliphatic rings. The SMILES string of the molecule is Cc1ccc(-c2noc(-c3nnn(-c4ccc(C)c(F)c4)c3C)n2)cc1. The number of aryl methyl sites for hydroxylation is 2. The van der Waals surface area contributed by atoms with E-state index in [1.54, 1.807) is 23.7 Å². The van der Waals surface area contributed by atoms with Gasteiger partial charge >= 0.3 is 0 Å². The van der Waals surface area contributed by atoms with Gasteiger partial charge in [0, 0.05) is 5.56 Å². The minimum Gasteiger partial charge on any atom is -0.332 e. The van der Waals surface area contributed by atoms with E-state index in [2.05, 4.69) is 20.5 Å². The monoisotopic (exact) mass is 349 g/mol. The molecule has 4 rings (SSSR count). The zero-order valence-corrected chi connectivity index (χ0v) is 14.6.